The van der Waals surface area contributed by atoms with E-state index in [9.17, 15) is 4.79 Å². The fraction of sp³-hybridized carbons (Fsp3) is 0.238. The topological polar surface area (TPSA) is 77.1 Å². The van der Waals surface area contributed by atoms with E-state index in [-0.39, 0.29) is 5.91 Å². The number of benzene rings is 1. The summed E-state index contributed by atoms with van der Waals surface area (Å²) in [6, 6.07) is 9.52. The number of fused-ring (bicyclic) bond motifs is 1. The average Bonchev–Trinajstić information content (AvgIpc) is 3.31. The molecule has 7 nitrogen and oxygen atoms in total. The van der Waals surface area contributed by atoms with Crippen LogP contribution in [-0.4, -0.2) is 30.3 Å². The van der Waals surface area contributed by atoms with Gasteiger partial charge in [-0.1, -0.05) is 15.9 Å². The molecule has 0 aliphatic heterocycles. The molecule has 0 bridgehead atoms. The molecule has 0 aliphatic rings. The van der Waals surface area contributed by atoms with Crippen molar-refractivity contribution in [1.82, 2.24) is 24.4 Å². The first kappa shape index (κ1) is 19.3. The van der Waals surface area contributed by atoms with E-state index in [1.165, 1.54) is 0 Å². The highest BCUT2D eigenvalue weighted by Gasteiger charge is 2.14. The number of aromatic nitrogens is 5. The lowest BCUT2D eigenvalue weighted by atomic mass is 10.1. The van der Waals surface area contributed by atoms with E-state index in [1.807, 2.05) is 61.8 Å². The summed E-state index contributed by atoms with van der Waals surface area (Å²) in [7, 11) is 0. The number of hydrogen-bond acceptors (Lipinski definition) is 4. The molecule has 0 unspecified atom stereocenters. The van der Waals surface area contributed by atoms with E-state index in [2.05, 4.69) is 36.4 Å². The minimum absolute atomic E-state index is 0.0629. The molecule has 1 aromatic carbocycles. The van der Waals surface area contributed by atoms with Crippen LogP contribution in [-0.2, 0) is 11.2 Å². The highest BCUT2D eigenvalue weighted by atomic mass is 79.9. The third-order valence-electron chi connectivity index (χ3n) is 4.87. The lowest BCUT2D eigenvalue weighted by Gasteiger charge is -2.13. The van der Waals surface area contributed by atoms with Crippen molar-refractivity contribution < 1.29 is 4.79 Å². The maximum absolute atomic E-state index is 12.7. The molecular formula is C21H21BrN6O. The number of carbonyl (C=O) groups excluding carboxylic acids is 1. The number of anilines is 1. The molecule has 148 valence electrons. The van der Waals surface area contributed by atoms with Crippen molar-refractivity contribution in [2.24, 2.45) is 0 Å². The molecule has 0 atom stereocenters. The van der Waals surface area contributed by atoms with E-state index in [1.54, 1.807) is 10.9 Å². The van der Waals surface area contributed by atoms with Gasteiger partial charge in [-0.2, -0.15) is 10.2 Å². The maximum atomic E-state index is 12.7. The van der Waals surface area contributed by atoms with Gasteiger partial charge in [0.25, 0.3) is 0 Å². The summed E-state index contributed by atoms with van der Waals surface area (Å²) in [4.78, 5) is 17.3. The Kier molecular flexibility index (Phi) is 5.19. The number of amides is 1. The Bertz CT molecular complexity index is 1200. The van der Waals surface area contributed by atoms with Crippen LogP contribution in [0.1, 0.15) is 29.1 Å². The van der Waals surface area contributed by atoms with Gasteiger partial charge in [0.1, 0.15) is 0 Å². The molecule has 0 saturated heterocycles. The summed E-state index contributed by atoms with van der Waals surface area (Å²) < 4.78 is 4.47. The average molecular weight is 453 g/mol. The van der Waals surface area contributed by atoms with E-state index in [4.69, 9.17) is 0 Å². The Morgan fingerprint density at radius 1 is 1.21 bits per heavy atom. The van der Waals surface area contributed by atoms with Crippen molar-refractivity contribution >= 4 is 33.2 Å². The second-order valence-corrected chi connectivity index (χ2v) is 7.89. The number of nitrogens with one attached hydrogen (secondary N) is 1. The first-order chi connectivity index (χ1) is 13.9. The van der Waals surface area contributed by atoms with Gasteiger partial charge >= 0.3 is 0 Å². The summed E-state index contributed by atoms with van der Waals surface area (Å²) in [6.07, 6.45) is 4.49. The quantitative estimate of drug-likeness (QED) is 0.492. The van der Waals surface area contributed by atoms with Gasteiger partial charge < -0.3 is 5.32 Å². The number of rotatable bonds is 5. The van der Waals surface area contributed by atoms with Crippen molar-refractivity contribution in [1.29, 1.82) is 0 Å². The van der Waals surface area contributed by atoms with Crippen LogP contribution in [0.5, 0.6) is 0 Å². The zero-order valence-electron chi connectivity index (χ0n) is 16.5. The molecule has 0 spiro atoms. The molecule has 0 saturated carbocycles. The first-order valence-electron chi connectivity index (χ1n) is 9.34. The highest BCUT2D eigenvalue weighted by Crippen LogP contribution is 2.25. The number of aryl methyl sites for hydroxylation is 3. The van der Waals surface area contributed by atoms with Gasteiger partial charge in [-0.15, -0.1) is 0 Å². The van der Waals surface area contributed by atoms with Crippen molar-refractivity contribution in [3.63, 3.8) is 0 Å². The Hall–Kier alpha value is -3.00. The summed E-state index contributed by atoms with van der Waals surface area (Å²) in [5.74, 6) is -0.0629. The smallest absolute Gasteiger partial charge is 0.224 e. The Morgan fingerprint density at radius 2 is 2.03 bits per heavy atom. The maximum Gasteiger partial charge on any atom is 0.224 e. The van der Waals surface area contributed by atoms with E-state index < -0.39 is 0 Å². The molecule has 3 aromatic heterocycles. The molecule has 0 aliphatic carbocycles. The lowest BCUT2D eigenvalue weighted by molar-refractivity contribution is -0.116. The number of halogens is 1. The minimum atomic E-state index is -0.0629. The third kappa shape index (κ3) is 3.93. The van der Waals surface area contributed by atoms with Gasteiger partial charge in [-0.25, -0.2) is 14.2 Å². The van der Waals surface area contributed by atoms with Crippen molar-refractivity contribution in [2.75, 3.05) is 5.32 Å². The van der Waals surface area contributed by atoms with E-state index >= 15 is 0 Å². The molecule has 4 rings (SSSR count). The van der Waals surface area contributed by atoms with Gasteiger partial charge in [0, 0.05) is 40.7 Å². The fourth-order valence-electron chi connectivity index (χ4n) is 3.47. The van der Waals surface area contributed by atoms with E-state index in [0.717, 1.165) is 38.5 Å². The fourth-order valence-corrected chi connectivity index (χ4v) is 3.83. The molecule has 0 fully saturated rings. The number of carbonyl (C=O) groups is 1. The van der Waals surface area contributed by atoms with Crippen molar-refractivity contribution in [3.05, 3.63) is 69.8 Å². The van der Waals surface area contributed by atoms with Crippen LogP contribution in [0.25, 0.3) is 11.3 Å². The van der Waals surface area contributed by atoms with Crippen LogP contribution in [0, 0.1) is 20.8 Å². The van der Waals surface area contributed by atoms with Crippen LogP contribution >= 0.6 is 15.9 Å². The molecule has 1 amide bonds. The second kappa shape index (κ2) is 7.79. The van der Waals surface area contributed by atoms with Crippen LogP contribution < -0.4 is 5.32 Å². The molecule has 1 N–H and O–H groups in total. The summed E-state index contributed by atoms with van der Waals surface area (Å²) in [5.41, 5.74) is 6.29. The van der Waals surface area contributed by atoms with Gasteiger partial charge in [-0.3, -0.25) is 4.79 Å². The van der Waals surface area contributed by atoms with Gasteiger partial charge in [0.2, 0.25) is 5.91 Å². The minimum Gasteiger partial charge on any atom is -0.324 e. The standard InChI is InChI=1S/C21H21BrN6O/c1-13-11-20-24-14(2)17(15(3)28(20)26-13)6-8-21(29)25-18-12-16(22)5-7-19(18)27-10-4-9-23-27/h4-5,7,9-12H,6,8H2,1-3H3,(H,25,29). The lowest BCUT2D eigenvalue weighted by Crippen LogP contribution is -2.16. The molecular weight excluding hydrogens is 432 g/mol. The van der Waals surface area contributed by atoms with Crippen LogP contribution in [0.15, 0.2) is 47.2 Å². The van der Waals surface area contributed by atoms with Crippen molar-refractivity contribution in [3.8, 4) is 5.69 Å². The molecule has 8 heteroatoms. The Morgan fingerprint density at radius 3 is 2.79 bits per heavy atom. The van der Waals surface area contributed by atoms with Gasteiger partial charge in [0.15, 0.2) is 5.65 Å². The zero-order valence-corrected chi connectivity index (χ0v) is 18.1. The number of nitrogens with zero attached hydrogens (tertiary/aromatic N) is 5. The summed E-state index contributed by atoms with van der Waals surface area (Å²) in [5, 5.41) is 11.8. The third-order valence-corrected chi connectivity index (χ3v) is 5.37. The van der Waals surface area contributed by atoms with Crippen molar-refractivity contribution in [2.45, 2.75) is 33.6 Å². The van der Waals surface area contributed by atoms with Crippen LogP contribution in [0.2, 0.25) is 0 Å². The monoisotopic (exact) mass is 452 g/mol. The highest BCUT2D eigenvalue weighted by molar-refractivity contribution is 9.10. The van der Waals surface area contributed by atoms with Gasteiger partial charge in [-0.05, 0) is 57.0 Å². The largest absolute Gasteiger partial charge is 0.324 e. The predicted molar refractivity (Wildman–Crippen MR) is 115 cm³/mol. The van der Waals surface area contributed by atoms with Gasteiger partial charge in [0.05, 0.1) is 17.1 Å². The molecule has 0 radical (unpaired) electrons. The number of hydrogen-bond donors (Lipinski definition) is 1. The SMILES string of the molecule is Cc1cc2nc(C)c(CCC(=O)Nc3cc(Br)ccc3-n3cccn3)c(C)n2n1. The normalized spacial score (nSPS) is 11.2. The molecule has 29 heavy (non-hydrogen) atoms. The van der Waals surface area contributed by atoms with Crippen LogP contribution in [0.3, 0.4) is 0 Å². The first-order valence-corrected chi connectivity index (χ1v) is 10.1. The Labute approximate surface area is 176 Å². The molecule has 4 aromatic rings. The zero-order chi connectivity index (χ0) is 20.5. The second-order valence-electron chi connectivity index (χ2n) is 6.98. The molecule has 3 heterocycles. The predicted octanol–water partition coefficient (Wildman–Crippen LogP) is 4.17. The Balaban J connectivity index is 1.53. The summed E-state index contributed by atoms with van der Waals surface area (Å²) >= 11 is 3.47. The summed E-state index contributed by atoms with van der Waals surface area (Å²) in [6.45, 7) is 5.95. The van der Waals surface area contributed by atoms with Crippen LogP contribution in [0.4, 0.5) is 5.69 Å². The van der Waals surface area contributed by atoms with E-state index in [0.29, 0.717) is 18.5 Å².